The Labute approximate surface area is 204 Å². The Bertz CT molecular complexity index is 837. The molecule has 0 aromatic rings. The first-order chi connectivity index (χ1) is 15.9. The van der Waals surface area contributed by atoms with Crippen molar-refractivity contribution in [2.75, 3.05) is 0 Å². The molecule has 190 valence electrons. The van der Waals surface area contributed by atoms with Crippen molar-refractivity contribution in [2.45, 2.75) is 129 Å². The normalized spacial score (nSPS) is 26.9. The van der Waals surface area contributed by atoms with Gasteiger partial charge in [0.15, 0.2) is 0 Å². The van der Waals surface area contributed by atoms with Crippen molar-refractivity contribution in [3.05, 3.63) is 11.8 Å². The van der Waals surface area contributed by atoms with Crippen LogP contribution in [0, 0.1) is 11.8 Å². The molecule has 2 amide bonds. The quantitative estimate of drug-likeness (QED) is 0.458. The first kappa shape index (κ1) is 25.1. The van der Waals surface area contributed by atoms with E-state index in [-0.39, 0.29) is 12.1 Å². The standard InChI is InChI=1S/C27H43N3O4/c1-26(2,3)33-24(31)28-23-29(20-12-9-13-20)22(19-15-16-19)21(17-14-18-10-7-8-11-18)30(23)25(32)34-27(4,5)6/h17-20,22H,7-16H2,1-6H3/b21-17-,28-23?. The number of rotatable bonds is 4. The highest BCUT2D eigenvalue weighted by atomic mass is 16.6. The highest BCUT2D eigenvalue weighted by molar-refractivity contribution is 6.03. The van der Waals surface area contributed by atoms with Gasteiger partial charge in [0.2, 0.25) is 5.96 Å². The maximum Gasteiger partial charge on any atom is 0.437 e. The number of hydrogen-bond acceptors (Lipinski definition) is 4. The molecule has 4 rings (SSSR count). The molecule has 1 atom stereocenters. The summed E-state index contributed by atoms with van der Waals surface area (Å²) >= 11 is 0. The lowest BCUT2D eigenvalue weighted by atomic mass is 9.89. The first-order valence-corrected chi connectivity index (χ1v) is 13.3. The molecular formula is C27H43N3O4. The van der Waals surface area contributed by atoms with Crippen LogP contribution < -0.4 is 0 Å². The monoisotopic (exact) mass is 473 g/mol. The van der Waals surface area contributed by atoms with Gasteiger partial charge in [0, 0.05) is 6.04 Å². The lowest BCUT2D eigenvalue weighted by Crippen LogP contribution is -2.49. The van der Waals surface area contributed by atoms with Crippen molar-refractivity contribution in [1.82, 2.24) is 9.80 Å². The van der Waals surface area contributed by atoms with E-state index in [9.17, 15) is 9.59 Å². The van der Waals surface area contributed by atoms with Gasteiger partial charge in [0.05, 0.1) is 11.7 Å². The minimum absolute atomic E-state index is 0.0698. The number of carbonyl (C=O) groups is 2. The molecule has 1 aliphatic heterocycles. The largest absolute Gasteiger partial charge is 0.443 e. The molecule has 0 N–H and O–H groups in total. The van der Waals surface area contributed by atoms with Gasteiger partial charge in [-0.2, -0.15) is 0 Å². The molecule has 0 spiro atoms. The summed E-state index contributed by atoms with van der Waals surface area (Å²) in [6, 6.07) is 0.356. The van der Waals surface area contributed by atoms with Gasteiger partial charge in [0.25, 0.3) is 0 Å². The molecule has 4 aliphatic rings. The summed E-state index contributed by atoms with van der Waals surface area (Å²) in [5.41, 5.74) is -0.351. The summed E-state index contributed by atoms with van der Waals surface area (Å²) < 4.78 is 11.4. The number of hydrogen-bond donors (Lipinski definition) is 0. The maximum absolute atomic E-state index is 13.6. The summed E-state index contributed by atoms with van der Waals surface area (Å²) in [5.74, 6) is 1.53. The Kier molecular flexibility index (Phi) is 7.03. The van der Waals surface area contributed by atoms with Gasteiger partial charge < -0.3 is 14.4 Å². The van der Waals surface area contributed by atoms with Crippen LogP contribution in [0.5, 0.6) is 0 Å². The van der Waals surface area contributed by atoms with Crippen molar-refractivity contribution in [1.29, 1.82) is 0 Å². The molecule has 3 aliphatic carbocycles. The predicted molar refractivity (Wildman–Crippen MR) is 132 cm³/mol. The Hall–Kier alpha value is -2.05. The number of guanidine groups is 1. The van der Waals surface area contributed by atoms with Crippen molar-refractivity contribution in [3.8, 4) is 0 Å². The molecule has 4 fully saturated rings. The van der Waals surface area contributed by atoms with Crippen LogP contribution in [0.1, 0.15) is 106 Å². The number of ether oxygens (including phenoxy) is 2. The third kappa shape index (κ3) is 5.95. The fourth-order valence-electron chi connectivity index (χ4n) is 5.28. The molecule has 0 radical (unpaired) electrons. The molecule has 0 bridgehead atoms. The van der Waals surface area contributed by atoms with Crippen molar-refractivity contribution in [2.24, 2.45) is 16.8 Å². The lowest BCUT2D eigenvalue weighted by Gasteiger charge is -2.39. The summed E-state index contributed by atoms with van der Waals surface area (Å²) in [6.45, 7) is 11.1. The minimum atomic E-state index is -0.660. The van der Waals surface area contributed by atoms with Gasteiger partial charge in [-0.15, -0.1) is 4.99 Å². The fourth-order valence-corrected chi connectivity index (χ4v) is 5.28. The van der Waals surface area contributed by atoms with Gasteiger partial charge in [0.1, 0.15) is 11.2 Å². The van der Waals surface area contributed by atoms with E-state index in [4.69, 9.17) is 9.47 Å². The average Bonchev–Trinajstić information content (AvgIpc) is 3.24. The zero-order valence-electron chi connectivity index (χ0n) is 21.9. The van der Waals surface area contributed by atoms with Crippen molar-refractivity contribution in [3.63, 3.8) is 0 Å². The van der Waals surface area contributed by atoms with E-state index in [0.29, 0.717) is 17.8 Å². The number of nitrogens with zero attached hydrogens (tertiary/aromatic N) is 3. The SMILES string of the molecule is CC(C)(C)OC(=O)N=C1N(C(=O)OC(C)(C)C)/C(=C\CC2CCCC2)C(C2CC2)N1C1CCC1. The van der Waals surface area contributed by atoms with Crippen LogP contribution in [0.2, 0.25) is 0 Å². The predicted octanol–water partition coefficient (Wildman–Crippen LogP) is 6.63. The second-order valence-electron chi connectivity index (χ2n) is 12.5. The van der Waals surface area contributed by atoms with Crippen LogP contribution >= 0.6 is 0 Å². The molecule has 34 heavy (non-hydrogen) atoms. The van der Waals surface area contributed by atoms with E-state index < -0.39 is 23.4 Å². The van der Waals surface area contributed by atoms with Crippen LogP contribution in [-0.2, 0) is 9.47 Å². The summed E-state index contributed by atoms with van der Waals surface area (Å²) in [5, 5.41) is 0. The molecule has 0 aromatic heterocycles. The third-order valence-electron chi connectivity index (χ3n) is 7.12. The van der Waals surface area contributed by atoms with Crippen LogP contribution in [-0.4, -0.2) is 51.2 Å². The number of aliphatic imine (C=N–C) groups is 1. The maximum atomic E-state index is 13.6. The zero-order chi connectivity index (χ0) is 24.7. The summed E-state index contributed by atoms with van der Waals surface area (Å²) in [7, 11) is 0. The lowest BCUT2D eigenvalue weighted by molar-refractivity contribution is 0.0411. The number of carbonyl (C=O) groups excluding carboxylic acids is 2. The van der Waals surface area contributed by atoms with Gasteiger partial charge >= 0.3 is 12.2 Å². The number of amides is 2. The second kappa shape index (κ2) is 9.54. The Morgan fingerprint density at radius 1 is 0.912 bits per heavy atom. The van der Waals surface area contributed by atoms with Gasteiger partial charge in [-0.25, -0.2) is 14.5 Å². The molecule has 1 heterocycles. The Morgan fingerprint density at radius 3 is 2.03 bits per heavy atom. The molecule has 1 saturated heterocycles. The average molecular weight is 474 g/mol. The summed E-state index contributed by atoms with van der Waals surface area (Å²) in [6.07, 6.45) is 12.7. The molecule has 0 aromatic carbocycles. The van der Waals surface area contributed by atoms with E-state index in [1.54, 1.807) is 4.90 Å². The van der Waals surface area contributed by atoms with Crippen LogP contribution in [0.25, 0.3) is 0 Å². The Morgan fingerprint density at radius 2 is 1.53 bits per heavy atom. The molecular weight excluding hydrogens is 430 g/mol. The van der Waals surface area contributed by atoms with E-state index in [1.807, 2.05) is 41.5 Å². The van der Waals surface area contributed by atoms with Gasteiger partial charge in [-0.1, -0.05) is 31.8 Å². The third-order valence-corrected chi connectivity index (χ3v) is 7.12. The highest BCUT2D eigenvalue weighted by Crippen LogP contribution is 2.47. The van der Waals surface area contributed by atoms with Gasteiger partial charge in [-0.05, 0) is 91.9 Å². The molecule has 7 heteroatoms. The topological polar surface area (TPSA) is 71.4 Å². The van der Waals surface area contributed by atoms with Crippen LogP contribution in [0.15, 0.2) is 16.8 Å². The van der Waals surface area contributed by atoms with Crippen molar-refractivity contribution >= 4 is 18.1 Å². The fraction of sp³-hybridized carbons (Fsp3) is 0.815. The Balaban J connectivity index is 1.75. The summed E-state index contributed by atoms with van der Waals surface area (Å²) in [4.78, 5) is 34.8. The van der Waals surface area contributed by atoms with Crippen LogP contribution in [0.4, 0.5) is 9.59 Å². The number of allylic oxidation sites excluding steroid dienone is 1. The van der Waals surface area contributed by atoms with E-state index in [2.05, 4.69) is 16.0 Å². The second-order valence-corrected chi connectivity index (χ2v) is 12.5. The molecule has 1 unspecified atom stereocenters. The van der Waals surface area contributed by atoms with Gasteiger partial charge in [-0.3, -0.25) is 0 Å². The van der Waals surface area contributed by atoms with E-state index in [0.717, 1.165) is 44.2 Å². The van der Waals surface area contributed by atoms with E-state index >= 15 is 0 Å². The highest BCUT2D eigenvalue weighted by Gasteiger charge is 2.53. The smallest absolute Gasteiger partial charge is 0.437 e. The zero-order valence-corrected chi connectivity index (χ0v) is 21.9. The minimum Gasteiger partial charge on any atom is -0.443 e. The van der Waals surface area contributed by atoms with Crippen LogP contribution in [0.3, 0.4) is 0 Å². The first-order valence-electron chi connectivity index (χ1n) is 13.3. The molecule has 7 nitrogen and oxygen atoms in total. The molecule has 3 saturated carbocycles. The van der Waals surface area contributed by atoms with Crippen molar-refractivity contribution < 1.29 is 19.1 Å². The van der Waals surface area contributed by atoms with E-state index in [1.165, 1.54) is 25.7 Å².